The molecule has 8 nitrogen and oxygen atoms in total. The van der Waals surface area contributed by atoms with Crippen LogP contribution in [0.3, 0.4) is 0 Å². The summed E-state index contributed by atoms with van der Waals surface area (Å²) < 4.78 is 18.5. The normalized spacial score (nSPS) is 10.2. The molecule has 2 N–H and O–H groups in total. The second-order valence-corrected chi connectivity index (χ2v) is 6.14. The maximum Gasteiger partial charge on any atom is 0.305 e. The van der Waals surface area contributed by atoms with Gasteiger partial charge in [0.1, 0.15) is 5.75 Å². The number of ether oxygens (including phenoxy) is 1. The molecule has 2 amide bonds. The van der Waals surface area contributed by atoms with Gasteiger partial charge in [-0.1, -0.05) is 0 Å². The maximum atomic E-state index is 13.4. The van der Waals surface area contributed by atoms with Gasteiger partial charge in [0.15, 0.2) is 0 Å². The molecule has 0 heterocycles. The molecular formula is C21H16FN3O5. The van der Waals surface area contributed by atoms with Crippen molar-refractivity contribution in [2.75, 3.05) is 17.7 Å². The first-order valence-electron chi connectivity index (χ1n) is 8.68. The predicted molar refractivity (Wildman–Crippen MR) is 108 cm³/mol. The van der Waals surface area contributed by atoms with Gasteiger partial charge in [-0.15, -0.1) is 0 Å². The van der Waals surface area contributed by atoms with Crippen LogP contribution in [-0.4, -0.2) is 23.8 Å². The minimum atomic E-state index is -1.02. The Morgan fingerprint density at radius 3 is 1.90 bits per heavy atom. The largest absolute Gasteiger partial charge is 0.497 e. The molecule has 0 saturated heterocycles. The molecule has 0 aliphatic carbocycles. The zero-order valence-corrected chi connectivity index (χ0v) is 15.7. The van der Waals surface area contributed by atoms with Crippen molar-refractivity contribution in [2.24, 2.45) is 0 Å². The molecule has 0 bridgehead atoms. The van der Waals surface area contributed by atoms with Gasteiger partial charge in [0, 0.05) is 28.6 Å². The lowest BCUT2D eigenvalue weighted by molar-refractivity contribution is -0.387. The number of benzene rings is 3. The third-order valence-electron chi connectivity index (χ3n) is 4.16. The number of anilines is 2. The van der Waals surface area contributed by atoms with Crippen molar-refractivity contribution < 1.29 is 23.6 Å². The van der Waals surface area contributed by atoms with Crippen molar-refractivity contribution in [3.8, 4) is 5.75 Å². The predicted octanol–water partition coefficient (Wildman–Crippen LogP) is 4.25. The number of nitro groups is 1. The quantitative estimate of drug-likeness (QED) is 0.467. The fraction of sp³-hybridized carbons (Fsp3) is 0.0476. The van der Waals surface area contributed by atoms with Crippen LogP contribution in [0.1, 0.15) is 20.7 Å². The number of methoxy groups -OCH3 is 1. The van der Waals surface area contributed by atoms with Crippen molar-refractivity contribution in [3.63, 3.8) is 0 Å². The summed E-state index contributed by atoms with van der Waals surface area (Å²) in [5, 5.41) is 16.1. The molecule has 9 heteroatoms. The van der Waals surface area contributed by atoms with Crippen LogP contribution >= 0.6 is 0 Å². The van der Waals surface area contributed by atoms with E-state index in [1.54, 1.807) is 31.4 Å². The molecule has 0 radical (unpaired) electrons. The number of carbonyl (C=O) groups excluding carboxylic acids is 2. The lowest BCUT2D eigenvalue weighted by Crippen LogP contribution is -2.14. The topological polar surface area (TPSA) is 111 Å². The van der Waals surface area contributed by atoms with Crippen molar-refractivity contribution in [2.45, 2.75) is 0 Å². The van der Waals surface area contributed by atoms with Crippen LogP contribution in [0.4, 0.5) is 21.5 Å². The van der Waals surface area contributed by atoms with E-state index in [1.807, 2.05) is 0 Å². The molecule has 0 aliphatic rings. The smallest absolute Gasteiger partial charge is 0.305 e. The Morgan fingerprint density at radius 1 is 0.867 bits per heavy atom. The monoisotopic (exact) mass is 409 g/mol. The van der Waals surface area contributed by atoms with E-state index in [-0.39, 0.29) is 11.5 Å². The van der Waals surface area contributed by atoms with Gasteiger partial charge in [0.05, 0.1) is 12.0 Å². The molecule has 0 fully saturated rings. The molecule has 0 saturated carbocycles. The first-order chi connectivity index (χ1) is 14.4. The minimum absolute atomic E-state index is 0.0653. The highest BCUT2D eigenvalue weighted by molar-refractivity contribution is 6.06. The lowest BCUT2D eigenvalue weighted by Gasteiger charge is -2.08. The van der Waals surface area contributed by atoms with Crippen LogP contribution in [-0.2, 0) is 0 Å². The molecule has 0 spiro atoms. The van der Waals surface area contributed by atoms with E-state index in [0.717, 1.165) is 18.2 Å². The van der Waals surface area contributed by atoms with Crippen molar-refractivity contribution in [1.29, 1.82) is 0 Å². The molecule has 3 rings (SSSR count). The average Bonchev–Trinajstić information content (AvgIpc) is 2.74. The summed E-state index contributed by atoms with van der Waals surface area (Å²) >= 11 is 0. The number of hydrogen-bond acceptors (Lipinski definition) is 5. The van der Waals surface area contributed by atoms with Gasteiger partial charge in [0.2, 0.25) is 5.82 Å². The average molecular weight is 409 g/mol. The second kappa shape index (κ2) is 8.82. The van der Waals surface area contributed by atoms with Gasteiger partial charge >= 0.3 is 5.69 Å². The highest BCUT2D eigenvalue weighted by Gasteiger charge is 2.17. The van der Waals surface area contributed by atoms with Crippen LogP contribution in [0.25, 0.3) is 0 Å². The maximum absolute atomic E-state index is 13.4. The van der Waals surface area contributed by atoms with E-state index in [2.05, 4.69) is 10.6 Å². The highest BCUT2D eigenvalue weighted by atomic mass is 19.1. The van der Waals surface area contributed by atoms with Gasteiger partial charge < -0.3 is 15.4 Å². The summed E-state index contributed by atoms with van der Waals surface area (Å²) in [6.45, 7) is 0. The first kappa shape index (κ1) is 20.5. The van der Waals surface area contributed by atoms with Crippen molar-refractivity contribution in [3.05, 3.63) is 93.8 Å². The van der Waals surface area contributed by atoms with E-state index in [0.29, 0.717) is 22.7 Å². The molecule has 3 aromatic carbocycles. The van der Waals surface area contributed by atoms with Crippen LogP contribution < -0.4 is 15.4 Å². The van der Waals surface area contributed by atoms with E-state index in [1.165, 1.54) is 24.3 Å². The minimum Gasteiger partial charge on any atom is -0.497 e. The van der Waals surface area contributed by atoms with Crippen LogP contribution in [0.2, 0.25) is 0 Å². The van der Waals surface area contributed by atoms with E-state index >= 15 is 0 Å². The number of halogens is 1. The second-order valence-electron chi connectivity index (χ2n) is 6.14. The van der Waals surface area contributed by atoms with Crippen LogP contribution in [0.15, 0.2) is 66.7 Å². The van der Waals surface area contributed by atoms with Gasteiger partial charge in [-0.2, -0.15) is 4.39 Å². The summed E-state index contributed by atoms with van der Waals surface area (Å²) in [5.41, 5.74) is 0.475. The van der Waals surface area contributed by atoms with Gasteiger partial charge in [-0.25, -0.2) is 0 Å². The molecule has 0 unspecified atom stereocenters. The fourth-order valence-electron chi connectivity index (χ4n) is 2.58. The molecule has 30 heavy (non-hydrogen) atoms. The lowest BCUT2D eigenvalue weighted by atomic mass is 10.1. The van der Waals surface area contributed by atoms with Crippen LogP contribution in [0.5, 0.6) is 5.75 Å². The van der Waals surface area contributed by atoms with Gasteiger partial charge in [-0.3, -0.25) is 19.7 Å². The third-order valence-corrected chi connectivity index (χ3v) is 4.16. The van der Waals surface area contributed by atoms with Gasteiger partial charge in [0.25, 0.3) is 11.8 Å². The Morgan fingerprint density at radius 2 is 1.37 bits per heavy atom. The Bertz CT molecular complexity index is 1100. The first-order valence-corrected chi connectivity index (χ1v) is 8.68. The Hall–Kier alpha value is -4.27. The number of amides is 2. The standard InChI is InChI=1S/C21H16FN3O5/c1-30-17-9-7-16(8-10-17)23-20(26)13-2-5-15(6-3-13)24-21(27)14-4-11-18(22)19(12-14)25(28)29/h2-12H,1H3,(H,23,26)(H,24,27). The Labute approximate surface area is 170 Å². The summed E-state index contributed by atoms with van der Waals surface area (Å²) in [6.07, 6.45) is 0. The van der Waals surface area contributed by atoms with E-state index in [9.17, 15) is 24.1 Å². The van der Waals surface area contributed by atoms with Crippen molar-refractivity contribution in [1.82, 2.24) is 0 Å². The molecule has 3 aromatic rings. The summed E-state index contributed by atoms with van der Waals surface area (Å²) in [4.78, 5) is 34.5. The summed E-state index contributed by atoms with van der Waals surface area (Å²) in [7, 11) is 1.55. The van der Waals surface area contributed by atoms with E-state index < -0.39 is 22.3 Å². The SMILES string of the molecule is COc1ccc(NC(=O)c2ccc(NC(=O)c3ccc(F)c([N+](=O)[O-])c3)cc2)cc1. The number of carbonyl (C=O) groups is 2. The highest BCUT2D eigenvalue weighted by Crippen LogP contribution is 2.20. The number of hydrogen-bond donors (Lipinski definition) is 2. The molecule has 152 valence electrons. The third kappa shape index (κ3) is 4.76. The molecular weight excluding hydrogens is 393 g/mol. The summed E-state index contributed by atoms with van der Waals surface area (Å²) in [6, 6.07) is 15.8. The number of rotatable bonds is 6. The summed E-state index contributed by atoms with van der Waals surface area (Å²) in [5.74, 6) is -1.34. The number of nitrogens with one attached hydrogen (secondary N) is 2. The zero-order chi connectivity index (χ0) is 21.7. The van der Waals surface area contributed by atoms with Gasteiger partial charge in [-0.05, 0) is 60.7 Å². The van der Waals surface area contributed by atoms with E-state index in [4.69, 9.17) is 4.74 Å². The fourth-order valence-corrected chi connectivity index (χ4v) is 2.58. The van der Waals surface area contributed by atoms with Crippen molar-refractivity contribution >= 4 is 28.9 Å². The van der Waals surface area contributed by atoms with Crippen LogP contribution in [0, 0.1) is 15.9 Å². The molecule has 0 aromatic heterocycles. The molecule has 0 aliphatic heterocycles. The number of nitro benzene ring substituents is 1. The Balaban J connectivity index is 1.66. The zero-order valence-electron chi connectivity index (χ0n) is 15.7. The Kier molecular flexibility index (Phi) is 6.02. The number of nitrogens with zero attached hydrogens (tertiary/aromatic N) is 1. The molecule has 0 atom stereocenters.